The normalized spacial score (nSPS) is 16.9. The third-order valence-corrected chi connectivity index (χ3v) is 6.38. The van der Waals surface area contributed by atoms with Crippen molar-refractivity contribution in [2.45, 2.75) is 10.9 Å². The summed E-state index contributed by atoms with van der Waals surface area (Å²) in [4.78, 5) is 40.4. The number of thioether (sulfide) groups is 1. The van der Waals surface area contributed by atoms with Gasteiger partial charge in [-0.15, -0.1) is 11.3 Å². The fourth-order valence-electron chi connectivity index (χ4n) is 2.30. The number of thiophene rings is 1. The van der Waals surface area contributed by atoms with Crippen molar-refractivity contribution in [1.29, 1.82) is 0 Å². The summed E-state index contributed by atoms with van der Waals surface area (Å²) in [5.41, 5.74) is 0.203. The van der Waals surface area contributed by atoms with Crippen LogP contribution in [0.25, 0.3) is 0 Å². The van der Waals surface area contributed by atoms with Gasteiger partial charge in [0.15, 0.2) is 0 Å². The number of aromatic amines is 1. The van der Waals surface area contributed by atoms with E-state index in [0.29, 0.717) is 9.90 Å². The highest BCUT2D eigenvalue weighted by Gasteiger charge is 2.40. The van der Waals surface area contributed by atoms with Gasteiger partial charge in [0.25, 0.3) is 0 Å². The van der Waals surface area contributed by atoms with Gasteiger partial charge in [-0.3, -0.25) is 4.79 Å². The minimum atomic E-state index is -0.630. The van der Waals surface area contributed by atoms with Crippen LogP contribution in [0.15, 0.2) is 37.8 Å². The van der Waals surface area contributed by atoms with Crippen molar-refractivity contribution in [3.8, 4) is 0 Å². The van der Waals surface area contributed by atoms with E-state index in [1.807, 2.05) is 17.5 Å². The average Bonchev–Trinajstić information content (AvgIpc) is 3.19. The van der Waals surface area contributed by atoms with Crippen LogP contribution in [0.1, 0.15) is 15.7 Å². The van der Waals surface area contributed by atoms with Crippen molar-refractivity contribution in [2.24, 2.45) is 0 Å². The number of hydrogen-bond acceptors (Lipinski definition) is 8. The molecule has 1 atom stereocenters. The van der Waals surface area contributed by atoms with Crippen LogP contribution in [0.4, 0.5) is 0 Å². The van der Waals surface area contributed by atoms with Crippen LogP contribution in [0.2, 0.25) is 0 Å². The van der Waals surface area contributed by atoms with Gasteiger partial charge in [0, 0.05) is 4.88 Å². The molecule has 9 heteroatoms. The van der Waals surface area contributed by atoms with E-state index < -0.39 is 17.9 Å². The van der Waals surface area contributed by atoms with Gasteiger partial charge in [0.1, 0.15) is 4.91 Å². The summed E-state index contributed by atoms with van der Waals surface area (Å²) in [7, 11) is 2.51. The van der Waals surface area contributed by atoms with Gasteiger partial charge in [0.2, 0.25) is 0 Å². The first kappa shape index (κ1) is 16.0. The lowest BCUT2D eigenvalue weighted by Gasteiger charge is -2.24. The third-order valence-electron chi connectivity index (χ3n) is 3.25. The first-order chi connectivity index (χ1) is 11.1. The minimum Gasteiger partial charge on any atom is -0.466 e. The molecule has 0 saturated heterocycles. The average molecular weight is 369 g/mol. The summed E-state index contributed by atoms with van der Waals surface area (Å²) in [6.07, 6.45) is 0. The number of ether oxygens (including phenoxy) is 2. The number of rotatable bonds is 3. The Morgan fingerprint density at radius 3 is 2.57 bits per heavy atom. The van der Waals surface area contributed by atoms with Crippen LogP contribution in [-0.4, -0.2) is 31.1 Å². The van der Waals surface area contributed by atoms with Gasteiger partial charge in [-0.25, -0.2) is 9.59 Å². The van der Waals surface area contributed by atoms with Crippen molar-refractivity contribution in [1.82, 2.24) is 4.98 Å². The molecule has 1 N–H and O–H groups in total. The summed E-state index contributed by atoms with van der Waals surface area (Å²) >= 11 is 3.50. The topological polar surface area (TPSA) is 85.5 Å². The van der Waals surface area contributed by atoms with Crippen LogP contribution in [0.5, 0.6) is 0 Å². The van der Waals surface area contributed by atoms with E-state index >= 15 is 0 Å². The minimum absolute atomic E-state index is 0.138. The summed E-state index contributed by atoms with van der Waals surface area (Å²) in [5.74, 6) is -1.76. The molecule has 0 amide bonds. The molecule has 6 nitrogen and oxygen atoms in total. The lowest BCUT2D eigenvalue weighted by atomic mass is 9.95. The molecule has 2 aromatic heterocycles. The van der Waals surface area contributed by atoms with Crippen LogP contribution in [0.3, 0.4) is 0 Å². The number of carbonyl (C=O) groups is 2. The Balaban J connectivity index is 2.28. The maximum absolute atomic E-state index is 12.3. The molecule has 3 rings (SSSR count). The van der Waals surface area contributed by atoms with Gasteiger partial charge in [-0.05, 0) is 11.4 Å². The Hall–Kier alpha value is -1.84. The Morgan fingerprint density at radius 1 is 1.22 bits per heavy atom. The number of methoxy groups -OCH3 is 2. The highest BCUT2D eigenvalue weighted by Crippen LogP contribution is 2.49. The van der Waals surface area contributed by atoms with E-state index in [-0.39, 0.29) is 15.4 Å². The Kier molecular flexibility index (Phi) is 4.42. The molecule has 1 aliphatic rings. The highest BCUT2D eigenvalue weighted by molar-refractivity contribution is 8.04. The lowest BCUT2D eigenvalue weighted by molar-refractivity contribution is -0.139. The number of esters is 2. The van der Waals surface area contributed by atoms with Crippen molar-refractivity contribution in [3.63, 3.8) is 0 Å². The van der Waals surface area contributed by atoms with E-state index in [2.05, 4.69) is 4.98 Å². The second-order valence-corrected chi connectivity index (χ2v) is 7.50. The molecule has 1 aliphatic heterocycles. The van der Waals surface area contributed by atoms with E-state index in [1.54, 1.807) is 0 Å². The number of H-pyrrole nitrogens is 1. The Labute approximate surface area is 143 Å². The predicted octanol–water partition coefficient (Wildman–Crippen LogP) is 2.34. The molecule has 0 unspecified atom stereocenters. The number of thiazole rings is 1. The SMILES string of the molecule is COC(=O)C1=C(C(=O)OC)[C@@H](c2cccs2)c2sc(=O)[nH]c2S1. The van der Waals surface area contributed by atoms with E-state index in [4.69, 9.17) is 9.47 Å². The van der Waals surface area contributed by atoms with Gasteiger partial charge in [0.05, 0.1) is 35.6 Å². The summed E-state index contributed by atoms with van der Waals surface area (Å²) in [6.45, 7) is 0. The molecule has 3 heterocycles. The Morgan fingerprint density at radius 2 is 1.96 bits per heavy atom. The third kappa shape index (κ3) is 2.75. The molecular weight excluding hydrogens is 358 g/mol. The van der Waals surface area contributed by atoms with Crippen molar-refractivity contribution in [3.05, 3.63) is 47.4 Å². The van der Waals surface area contributed by atoms with Crippen LogP contribution < -0.4 is 4.87 Å². The van der Waals surface area contributed by atoms with Gasteiger partial charge >= 0.3 is 16.8 Å². The maximum Gasteiger partial charge on any atom is 0.345 e. The standard InChI is InChI=1S/C14H11NO5S3/c1-19-12(16)8-7(6-4-3-5-21-6)9-11(15-14(18)23-9)22-10(8)13(17)20-2/h3-5,7H,1-2H3,(H,15,18)/t7-/m1/s1. The highest BCUT2D eigenvalue weighted by atomic mass is 32.2. The second-order valence-electron chi connectivity index (χ2n) is 4.48. The zero-order chi connectivity index (χ0) is 16.6. The molecule has 0 bridgehead atoms. The van der Waals surface area contributed by atoms with Crippen molar-refractivity contribution < 1.29 is 19.1 Å². The molecule has 0 saturated carbocycles. The largest absolute Gasteiger partial charge is 0.466 e. The summed E-state index contributed by atoms with van der Waals surface area (Å²) in [6, 6.07) is 3.71. The van der Waals surface area contributed by atoms with Gasteiger partial charge in [-0.1, -0.05) is 29.2 Å². The van der Waals surface area contributed by atoms with E-state index in [0.717, 1.165) is 28.0 Å². The monoisotopic (exact) mass is 369 g/mol. The molecule has 0 radical (unpaired) electrons. The molecule has 0 spiro atoms. The zero-order valence-electron chi connectivity index (χ0n) is 12.1. The summed E-state index contributed by atoms with van der Waals surface area (Å²) in [5, 5.41) is 2.44. The molecule has 2 aromatic rings. The number of aromatic nitrogens is 1. The van der Waals surface area contributed by atoms with Gasteiger partial charge < -0.3 is 14.5 Å². The first-order valence-electron chi connectivity index (χ1n) is 6.41. The summed E-state index contributed by atoms with van der Waals surface area (Å²) < 4.78 is 9.66. The molecule has 23 heavy (non-hydrogen) atoms. The van der Waals surface area contributed by atoms with Gasteiger partial charge in [-0.2, -0.15) is 0 Å². The van der Waals surface area contributed by atoms with Crippen molar-refractivity contribution >= 4 is 46.4 Å². The molecular formula is C14H11NO5S3. The number of fused-ring (bicyclic) bond motifs is 1. The molecule has 0 aliphatic carbocycles. The first-order valence-corrected chi connectivity index (χ1v) is 8.93. The van der Waals surface area contributed by atoms with E-state index in [1.165, 1.54) is 25.6 Å². The number of nitrogens with one attached hydrogen (secondary N) is 1. The van der Waals surface area contributed by atoms with Crippen LogP contribution in [-0.2, 0) is 19.1 Å². The number of hydrogen-bond donors (Lipinski definition) is 1. The van der Waals surface area contributed by atoms with E-state index in [9.17, 15) is 14.4 Å². The molecule has 120 valence electrons. The number of carbonyl (C=O) groups excluding carboxylic acids is 2. The van der Waals surface area contributed by atoms with Crippen molar-refractivity contribution in [2.75, 3.05) is 14.2 Å². The fourth-order valence-corrected chi connectivity index (χ4v) is 5.44. The smallest absolute Gasteiger partial charge is 0.345 e. The maximum atomic E-state index is 12.3. The van der Waals surface area contributed by atoms with Crippen LogP contribution >= 0.6 is 34.4 Å². The van der Waals surface area contributed by atoms with Crippen LogP contribution in [0, 0.1) is 0 Å². The fraction of sp³-hybridized carbons (Fsp3) is 0.214. The second kappa shape index (κ2) is 6.34. The predicted molar refractivity (Wildman–Crippen MR) is 88.0 cm³/mol. The Bertz CT molecular complexity index is 846. The lowest BCUT2D eigenvalue weighted by Crippen LogP contribution is -2.21. The quantitative estimate of drug-likeness (QED) is 0.836. The zero-order valence-corrected chi connectivity index (χ0v) is 14.5. The molecule has 0 aromatic carbocycles. The molecule has 0 fully saturated rings.